The van der Waals surface area contributed by atoms with Gasteiger partial charge in [-0.2, -0.15) is 0 Å². The summed E-state index contributed by atoms with van der Waals surface area (Å²) in [5.74, 6) is -2.19. The first-order chi connectivity index (χ1) is 8.54. The van der Waals surface area contributed by atoms with Crippen LogP contribution in [-0.4, -0.2) is 28.0 Å². The summed E-state index contributed by atoms with van der Waals surface area (Å²) in [6.07, 6.45) is 2.25. The highest BCUT2D eigenvalue weighted by atomic mass is 16.4. The summed E-state index contributed by atoms with van der Waals surface area (Å²) < 4.78 is 0. The molecule has 98 valence electrons. The molecule has 2 N–H and O–H groups in total. The summed E-state index contributed by atoms with van der Waals surface area (Å²) >= 11 is 0. The van der Waals surface area contributed by atoms with Crippen LogP contribution in [0.3, 0.4) is 0 Å². The topological polar surface area (TPSA) is 79.3 Å². The van der Waals surface area contributed by atoms with Gasteiger partial charge < -0.3 is 10.4 Å². The van der Waals surface area contributed by atoms with Crippen LogP contribution in [0, 0.1) is 0 Å². The minimum atomic E-state index is -1.03. The SMILES string of the molecule is CCC(C)NC(=O)CC(C(=O)O)c1ccccn1. The number of pyridine rings is 1. The number of nitrogens with zero attached hydrogens (tertiary/aromatic N) is 1. The number of carbonyl (C=O) groups is 2. The van der Waals surface area contributed by atoms with E-state index in [1.54, 1.807) is 18.2 Å². The van der Waals surface area contributed by atoms with Gasteiger partial charge in [0.2, 0.25) is 5.91 Å². The Hall–Kier alpha value is -1.91. The quantitative estimate of drug-likeness (QED) is 0.803. The molecule has 1 amide bonds. The summed E-state index contributed by atoms with van der Waals surface area (Å²) in [6, 6.07) is 5.10. The van der Waals surface area contributed by atoms with Gasteiger partial charge in [-0.3, -0.25) is 14.6 Å². The molecule has 0 saturated heterocycles. The minimum Gasteiger partial charge on any atom is -0.481 e. The number of carboxylic acid groups (broad SMARTS) is 1. The van der Waals surface area contributed by atoms with Gasteiger partial charge >= 0.3 is 5.97 Å². The van der Waals surface area contributed by atoms with Crippen molar-refractivity contribution in [3.63, 3.8) is 0 Å². The molecule has 0 radical (unpaired) electrons. The lowest BCUT2D eigenvalue weighted by Crippen LogP contribution is -2.34. The van der Waals surface area contributed by atoms with Crippen LogP contribution in [0.1, 0.15) is 38.3 Å². The maximum absolute atomic E-state index is 11.7. The second kappa shape index (κ2) is 6.74. The first-order valence-electron chi connectivity index (χ1n) is 5.97. The fraction of sp³-hybridized carbons (Fsp3) is 0.462. The number of aliphatic carboxylic acids is 1. The van der Waals surface area contributed by atoms with Gasteiger partial charge in [-0.15, -0.1) is 0 Å². The number of amides is 1. The van der Waals surface area contributed by atoms with Gasteiger partial charge in [0.15, 0.2) is 0 Å². The smallest absolute Gasteiger partial charge is 0.313 e. The second-order valence-electron chi connectivity index (χ2n) is 4.23. The molecule has 0 aromatic carbocycles. The highest BCUT2D eigenvalue weighted by Gasteiger charge is 2.24. The zero-order valence-electron chi connectivity index (χ0n) is 10.6. The van der Waals surface area contributed by atoms with E-state index >= 15 is 0 Å². The highest BCUT2D eigenvalue weighted by Crippen LogP contribution is 2.17. The van der Waals surface area contributed by atoms with Gasteiger partial charge in [-0.05, 0) is 25.5 Å². The first kappa shape index (κ1) is 14.2. The zero-order valence-corrected chi connectivity index (χ0v) is 10.6. The second-order valence-corrected chi connectivity index (χ2v) is 4.23. The Labute approximate surface area is 106 Å². The monoisotopic (exact) mass is 250 g/mol. The largest absolute Gasteiger partial charge is 0.481 e. The predicted octanol–water partition coefficient (Wildman–Crippen LogP) is 1.55. The van der Waals surface area contributed by atoms with Gasteiger partial charge in [0.05, 0.1) is 5.69 Å². The third kappa shape index (κ3) is 4.16. The fourth-order valence-electron chi connectivity index (χ4n) is 1.52. The van der Waals surface area contributed by atoms with E-state index in [0.29, 0.717) is 5.69 Å². The molecule has 1 heterocycles. The molecule has 0 fully saturated rings. The number of aromatic nitrogens is 1. The average molecular weight is 250 g/mol. The zero-order chi connectivity index (χ0) is 13.5. The van der Waals surface area contributed by atoms with Crippen LogP contribution >= 0.6 is 0 Å². The third-order valence-corrected chi connectivity index (χ3v) is 2.75. The Morgan fingerprint density at radius 2 is 2.17 bits per heavy atom. The van der Waals surface area contributed by atoms with Crippen molar-refractivity contribution in [3.8, 4) is 0 Å². The molecular formula is C13H18N2O3. The number of rotatable bonds is 6. The first-order valence-corrected chi connectivity index (χ1v) is 5.97. The van der Waals surface area contributed by atoms with E-state index < -0.39 is 11.9 Å². The molecule has 0 aliphatic rings. The summed E-state index contributed by atoms with van der Waals surface area (Å²) in [6.45, 7) is 3.84. The molecule has 0 saturated carbocycles. The van der Waals surface area contributed by atoms with E-state index in [-0.39, 0.29) is 18.4 Å². The molecule has 1 aromatic heterocycles. The van der Waals surface area contributed by atoms with E-state index in [1.807, 2.05) is 13.8 Å². The Balaban J connectivity index is 2.71. The molecule has 0 aliphatic heterocycles. The number of nitrogens with one attached hydrogen (secondary N) is 1. The normalized spacial score (nSPS) is 13.7. The van der Waals surface area contributed by atoms with Crippen LogP contribution in [0.4, 0.5) is 0 Å². The Bertz CT molecular complexity index is 406. The van der Waals surface area contributed by atoms with Gasteiger partial charge in [-0.25, -0.2) is 0 Å². The van der Waals surface area contributed by atoms with Crippen molar-refractivity contribution in [1.82, 2.24) is 10.3 Å². The summed E-state index contributed by atoms with van der Waals surface area (Å²) in [5.41, 5.74) is 0.407. The molecule has 18 heavy (non-hydrogen) atoms. The van der Waals surface area contributed by atoms with Crippen molar-refractivity contribution < 1.29 is 14.7 Å². The number of hydrogen-bond acceptors (Lipinski definition) is 3. The molecular weight excluding hydrogens is 232 g/mol. The van der Waals surface area contributed by atoms with Gasteiger partial charge in [0, 0.05) is 18.7 Å². The van der Waals surface area contributed by atoms with E-state index in [2.05, 4.69) is 10.3 Å². The van der Waals surface area contributed by atoms with Crippen LogP contribution in [0.5, 0.6) is 0 Å². The summed E-state index contributed by atoms with van der Waals surface area (Å²) in [4.78, 5) is 26.9. The van der Waals surface area contributed by atoms with Crippen molar-refractivity contribution in [1.29, 1.82) is 0 Å². The molecule has 0 aliphatic carbocycles. The molecule has 2 atom stereocenters. The molecule has 5 heteroatoms. The van der Waals surface area contributed by atoms with E-state index in [0.717, 1.165) is 6.42 Å². The third-order valence-electron chi connectivity index (χ3n) is 2.75. The maximum atomic E-state index is 11.7. The summed E-state index contributed by atoms with van der Waals surface area (Å²) in [5, 5.41) is 11.9. The van der Waals surface area contributed by atoms with Gasteiger partial charge in [0.25, 0.3) is 0 Å². The van der Waals surface area contributed by atoms with Crippen LogP contribution < -0.4 is 5.32 Å². The van der Waals surface area contributed by atoms with Crippen molar-refractivity contribution >= 4 is 11.9 Å². The molecule has 1 aromatic rings. The van der Waals surface area contributed by atoms with E-state index in [9.17, 15) is 9.59 Å². The van der Waals surface area contributed by atoms with Crippen molar-refractivity contribution in [3.05, 3.63) is 30.1 Å². The number of hydrogen-bond donors (Lipinski definition) is 2. The standard InChI is InChI=1S/C13H18N2O3/c1-3-9(2)15-12(16)8-10(13(17)18)11-6-4-5-7-14-11/h4-7,9-10H,3,8H2,1-2H3,(H,15,16)(H,17,18). The summed E-state index contributed by atoms with van der Waals surface area (Å²) in [7, 11) is 0. The van der Waals surface area contributed by atoms with Crippen LogP contribution in [-0.2, 0) is 9.59 Å². The number of carbonyl (C=O) groups excluding carboxylic acids is 1. The fourth-order valence-corrected chi connectivity index (χ4v) is 1.52. The Morgan fingerprint density at radius 3 is 2.67 bits per heavy atom. The van der Waals surface area contributed by atoms with Crippen molar-refractivity contribution in [2.24, 2.45) is 0 Å². The Kier molecular flexibility index (Phi) is 5.30. The lowest BCUT2D eigenvalue weighted by atomic mass is 10.00. The molecule has 2 unspecified atom stereocenters. The van der Waals surface area contributed by atoms with Crippen LogP contribution in [0.25, 0.3) is 0 Å². The average Bonchev–Trinajstić information content (AvgIpc) is 2.36. The maximum Gasteiger partial charge on any atom is 0.313 e. The van der Waals surface area contributed by atoms with Crippen LogP contribution in [0.15, 0.2) is 24.4 Å². The minimum absolute atomic E-state index is 0.0516. The van der Waals surface area contributed by atoms with Crippen molar-refractivity contribution in [2.45, 2.75) is 38.6 Å². The van der Waals surface area contributed by atoms with E-state index in [4.69, 9.17) is 5.11 Å². The van der Waals surface area contributed by atoms with Crippen LogP contribution in [0.2, 0.25) is 0 Å². The Morgan fingerprint density at radius 1 is 1.44 bits per heavy atom. The van der Waals surface area contributed by atoms with Gasteiger partial charge in [-0.1, -0.05) is 13.0 Å². The molecule has 0 spiro atoms. The lowest BCUT2D eigenvalue weighted by Gasteiger charge is -2.14. The molecule has 5 nitrogen and oxygen atoms in total. The lowest BCUT2D eigenvalue weighted by molar-refractivity contribution is -0.141. The van der Waals surface area contributed by atoms with Crippen molar-refractivity contribution in [2.75, 3.05) is 0 Å². The number of carboxylic acids is 1. The highest BCUT2D eigenvalue weighted by molar-refractivity contribution is 5.85. The van der Waals surface area contributed by atoms with E-state index in [1.165, 1.54) is 6.20 Å². The molecule has 0 bridgehead atoms. The molecule has 1 rings (SSSR count). The van der Waals surface area contributed by atoms with Gasteiger partial charge in [0.1, 0.15) is 5.92 Å². The predicted molar refractivity (Wildman–Crippen MR) is 67.1 cm³/mol.